The molecule has 0 radical (unpaired) electrons. The Kier molecular flexibility index (Phi) is 13.8. The lowest BCUT2D eigenvalue weighted by atomic mass is 9.87. The second kappa shape index (κ2) is 15.2. The number of carbonyl (C=O) groups is 1. The summed E-state index contributed by atoms with van der Waals surface area (Å²) in [5.74, 6) is -1.83. The maximum Gasteiger partial charge on any atom is 0.309 e. The van der Waals surface area contributed by atoms with Crippen LogP contribution in [0.25, 0.3) is 0 Å². The van der Waals surface area contributed by atoms with Gasteiger partial charge in [0.1, 0.15) is 0 Å². The summed E-state index contributed by atoms with van der Waals surface area (Å²) in [6.45, 7) is 2.19. The topological polar surface area (TPSA) is 118 Å². The number of hydrogen-bond donors (Lipinski definition) is 5. The Labute approximate surface area is 182 Å². The number of carboxylic acids is 1. The lowest BCUT2D eigenvalue weighted by Gasteiger charge is -2.28. The highest BCUT2D eigenvalue weighted by atomic mass is 16.4. The molecule has 0 amide bonds. The molecule has 5 atom stereocenters. The van der Waals surface area contributed by atoms with Gasteiger partial charge < -0.3 is 25.5 Å². The molecule has 0 aromatic carbocycles. The number of carboxylic acid groups (broad SMARTS) is 1. The number of unbranched alkanes of at least 4 members (excludes halogenated alkanes) is 7. The van der Waals surface area contributed by atoms with Crippen LogP contribution in [0.5, 0.6) is 0 Å². The second-order valence-electron chi connectivity index (χ2n) is 9.41. The summed E-state index contributed by atoms with van der Waals surface area (Å²) >= 11 is 0. The Balaban J connectivity index is 2.15. The van der Waals surface area contributed by atoms with E-state index in [1.807, 2.05) is 0 Å². The molecular weight excluding hydrogens is 384 g/mol. The molecule has 178 valence electrons. The molecular formula is C24H46O6. The SMILES string of the molecule is CCCCCCCC(O)CCCCCCC(C(=O)O)C(O)CCC1(O)CCCC1O. The summed E-state index contributed by atoms with van der Waals surface area (Å²) in [4.78, 5) is 11.6. The Bertz CT molecular complexity index is 457. The lowest BCUT2D eigenvalue weighted by molar-refractivity contribution is -0.147. The van der Waals surface area contributed by atoms with Gasteiger partial charge in [0.05, 0.1) is 29.8 Å². The molecule has 30 heavy (non-hydrogen) atoms. The number of aliphatic carboxylic acids is 1. The van der Waals surface area contributed by atoms with Crippen LogP contribution < -0.4 is 0 Å². The Morgan fingerprint density at radius 3 is 2.00 bits per heavy atom. The maximum absolute atomic E-state index is 11.6. The molecule has 0 aliphatic heterocycles. The maximum atomic E-state index is 11.6. The predicted molar refractivity (Wildman–Crippen MR) is 118 cm³/mol. The van der Waals surface area contributed by atoms with Gasteiger partial charge in [-0.25, -0.2) is 0 Å². The number of aliphatic hydroxyl groups is 4. The summed E-state index contributed by atoms with van der Waals surface area (Å²) in [6, 6.07) is 0. The van der Waals surface area contributed by atoms with Crippen molar-refractivity contribution < 1.29 is 30.3 Å². The molecule has 1 fully saturated rings. The molecule has 0 aromatic rings. The molecule has 5 N–H and O–H groups in total. The highest BCUT2D eigenvalue weighted by Gasteiger charge is 2.40. The number of rotatable bonds is 18. The summed E-state index contributed by atoms with van der Waals surface area (Å²) in [6.07, 6.45) is 11.9. The second-order valence-corrected chi connectivity index (χ2v) is 9.41. The zero-order valence-corrected chi connectivity index (χ0v) is 19.0. The molecule has 1 aliphatic carbocycles. The van der Waals surface area contributed by atoms with Gasteiger partial charge in [0, 0.05) is 0 Å². The lowest BCUT2D eigenvalue weighted by Crippen LogP contribution is -2.39. The van der Waals surface area contributed by atoms with Crippen LogP contribution in [0.2, 0.25) is 0 Å². The third kappa shape index (κ3) is 10.6. The van der Waals surface area contributed by atoms with Gasteiger partial charge in [-0.1, -0.05) is 64.7 Å². The van der Waals surface area contributed by atoms with Crippen molar-refractivity contribution in [2.24, 2.45) is 5.92 Å². The first-order valence-corrected chi connectivity index (χ1v) is 12.3. The normalized spacial score (nSPS) is 24.6. The quantitative estimate of drug-likeness (QED) is 0.208. The standard InChI is InChI=1S/C24H46O6/c1-2-3-4-5-8-12-19(25)13-9-6-7-10-14-20(23(28)29)21(26)16-18-24(30)17-11-15-22(24)27/h19-22,25-27,30H,2-18H2,1H3,(H,28,29). The highest BCUT2D eigenvalue weighted by Crippen LogP contribution is 2.35. The molecule has 6 nitrogen and oxygen atoms in total. The van der Waals surface area contributed by atoms with Crippen LogP contribution in [0.4, 0.5) is 0 Å². The average molecular weight is 431 g/mol. The van der Waals surface area contributed by atoms with Crippen LogP contribution in [0.15, 0.2) is 0 Å². The van der Waals surface area contributed by atoms with Crippen LogP contribution in [0.3, 0.4) is 0 Å². The van der Waals surface area contributed by atoms with E-state index in [4.69, 9.17) is 0 Å². The number of hydrogen-bond acceptors (Lipinski definition) is 5. The average Bonchev–Trinajstić information content (AvgIpc) is 3.04. The van der Waals surface area contributed by atoms with Crippen LogP contribution in [0.1, 0.15) is 116 Å². The molecule has 1 saturated carbocycles. The summed E-state index contributed by atoms with van der Waals surface area (Å²) in [5.41, 5.74) is -1.18. The van der Waals surface area contributed by atoms with Crippen molar-refractivity contribution in [3.05, 3.63) is 0 Å². The van der Waals surface area contributed by atoms with E-state index in [0.29, 0.717) is 19.3 Å². The molecule has 6 heteroatoms. The minimum absolute atomic E-state index is 0.189. The van der Waals surface area contributed by atoms with Crippen molar-refractivity contribution in [1.82, 2.24) is 0 Å². The first-order chi connectivity index (χ1) is 14.3. The summed E-state index contributed by atoms with van der Waals surface area (Å²) in [7, 11) is 0. The van der Waals surface area contributed by atoms with Crippen molar-refractivity contribution >= 4 is 5.97 Å². The third-order valence-corrected chi connectivity index (χ3v) is 6.81. The van der Waals surface area contributed by atoms with E-state index in [-0.39, 0.29) is 18.9 Å². The first kappa shape index (κ1) is 27.3. The minimum atomic E-state index is -1.18. The zero-order valence-electron chi connectivity index (χ0n) is 19.0. The fraction of sp³-hybridized carbons (Fsp3) is 0.958. The Morgan fingerprint density at radius 1 is 0.933 bits per heavy atom. The van der Waals surface area contributed by atoms with Crippen LogP contribution in [-0.4, -0.2) is 55.4 Å². The van der Waals surface area contributed by atoms with E-state index in [9.17, 15) is 30.3 Å². The number of aliphatic hydroxyl groups excluding tert-OH is 3. The van der Waals surface area contributed by atoms with E-state index in [1.54, 1.807) is 0 Å². The van der Waals surface area contributed by atoms with Crippen molar-refractivity contribution in [3.63, 3.8) is 0 Å². The van der Waals surface area contributed by atoms with Crippen LogP contribution in [0, 0.1) is 5.92 Å². The van der Waals surface area contributed by atoms with Crippen molar-refractivity contribution in [2.45, 2.75) is 140 Å². The van der Waals surface area contributed by atoms with Gasteiger partial charge in [0.2, 0.25) is 0 Å². The van der Waals surface area contributed by atoms with Gasteiger partial charge in [-0.2, -0.15) is 0 Å². The zero-order chi connectivity index (χ0) is 22.4. The molecule has 0 aromatic heterocycles. The molecule has 0 heterocycles. The largest absolute Gasteiger partial charge is 0.481 e. The van der Waals surface area contributed by atoms with Crippen molar-refractivity contribution in [2.75, 3.05) is 0 Å². The first-order valence-electron chi connectivity index (χ1n) is 12.3. The van der Waals surface area contributed by atoms with E-state index < -0.39 is 29.7 Å². The van der Waals surface area contributed by atoms with E-state index in [1.165, 1.54) is 25.7 Å². The van der Waals surface area contributed by atoms with Crippen molar-refractivity contribution in [1.29, 1.82) is 0 Å². The molecule has 1 rings (SSSR count). The van der Waals surface area contributed by atoms with Gasteiger partial charge in [0.15, 0.2) is 0 Å². The van der Waals surface area contributed by atoms with Crippen molar-refractivity contribution in [3.8, 4) is 0 Å². The van der Waals surface area contributed by atoms with Gasteiger partial charge in [-0.15, -0.1) is 0 Å². The summed E-state index contributed by atoms with van der Waals surface area (Å²) < 4.78 is 0. The van der Waals surface area contributed by atoms with E-state index >= 15 is 0 Å². The van der Waals surface area contributed by atoms with Crippen LogP contribution >= 0.6 is 0 Å². The molecule has 0 bridgehead atoms. The Morgan fingerprint density at radius 2 is 1.50 bits per heavy atom. The smallest absolute Gasteiger partial charge is 0.309 e. The van der Waals surface area contributed by atoms with Gasteiger partial charge in [-0.05, 0) is 51.4 Å². The fourth-order valence-electron chi connectivity index (χ4n) is 4.63. The van der Waals surface area contributed by atoms with Gasteiger partial charge in [0.25, 0.3) is 0 Å². The predicted octanol–water partition coefficient (Wildman–Crippen LogP) is 4.17. The summed E-state index contributed by atoms with van der Waals surface area (Å²) in [5, 5.41) is 50.1. The Hall–Kier alpha value is -0.690. The molecule has 1 aliphatic rings. The van der Waals surface area contributed by atoms with E-state index in [0.717, 1.165) is 51.4 Å². The minimum Gasteiger partial charge on any atom is -0.481 e. The molecule has 0 spiro atoms. The molecule has 0 saturated heterocycles. The van der Waals surface area contributed by atoms with Crippen LogP contribution in [-0.2, 0) is 4.79 Å². The molecule has 5 unspecified atom stereocenters. The monoisotopic (exact) mass is 430 g/mol. The fourth-order valence-corrected chi connectivity index (χ4v) is 4.63. The third-order valence-electron chi connectivity index (χ3n) is 6.81. The highest BCUT2D eigenvalue weighted by molar-refractivity contribution is 5.70. The van der Waals surface area contributed by atoms with Gasteiger partial charge in [-0.3, -0.25) is 4.79 Å². The van der Waals surface area contributed by atoms with Gasteiger partial charge >= 0.3 is 5.97 Å². The van der Waals surface area contributed by atoms with E-state index in [2.05, 4.69) is 6.92 Å².